The van der Waals surface area contributed by atoms with Crippen LogP contribution in [-0.2, 0) is 22.6 Å². The van der Waals surface area contributed by atoms with Crippen LogP contribution < -0.4 is 5.32 Å². The Morgan fingerprint density at radius 3 is 2.59 bits per heavy atom. The minimum Gasteiger partial charge on any atom is -0.355 e. The van der Waals surface area contributed by atoms with Gasteiger partial charge in [-0.15, -0.1) is 0 Å². The summed E-state index contributed by atoms with van der Waals surface area (Å²) in [7, 11) is 1.85. The number of unbranched alkanes of at least 4 members (excludes halogenated alkanes) is 1. The Labute approximate surface area is 161 Å². The molecule has 2 amide bonds. The Hall–Kier alpha value is -2.37. The number of nitrogens with one attached hydrogen (secondary N) is 1. The number of likely N-dealkylation sites (N-methyl/N-ethyl adjacent to an activating group) is 1. The van der Waals surface area contributed by atoms with Crippen LogP contribution in [0, 0.1) is 5.41 Å². The van der Waals surface area contributed by atoms with Gasteiger partial charge in [-0.1, -0.05) is 46.2 Å². The number of hydrogen-bond acceptors (Lipinski definition) is 3. The van der Waals surface area contributed by atoms with Gasteiger partial charge >= 0.3 is 0 Å². The van der Waals surface area contributed by atoms with Gasteiger partial charge in [0.25, 0.3) is 0 Å². The first-order valence-electron chi connectivity index (χ1n) is 9.70. The average Bonchev–Trinajstić information content (AvgIpc) is 2.96. The fourth-order valence-electron chi connectivity index (χ4n) is 2.82. The molecular weight excluding hydrogens is 340 g/mol. The lowest BCUT2D eigenvalue weighted by Crippen LogP contribution is -2.36. The molecular formula is C21H32N4O2. The zero-order valence-electron chi connectivity index (χ0n) is 17.2. The van der Waals surface area contributed by atoms with Crippen molar-refractivity contribution in [3.05, 3.63) is 30.1 Å². The highest BCUT2D eigenvalue weighted by Gasteiger charge is 2.21. The molecule has 0 fully saturated rings. The van der Waals surface area contributed by atoms with E-state index in [4.69, 9.17) is 0 Å². The quantitative estimate of drug-likeness (QED) is 0.774. The molecule has 1 aromatic carbocycles. The lowest BCUT2D eigenvalue weighted by atomic mass is 9.96. The standard InChI is InChI=1S/C21H32N4O2/c1-6-7-14-24(5)19(26)15-25-17-11-9-8-10-16(17)23-18(25)12-13-22-20(27)21(2,3)4/h8-11H,6-7,12-15H2,1-5H3,(H,22,27). The van der Waals surface area contributed by atoms with Crippen LogP contribution in [0.15, 0.2) is 24.3 Å². The van der Waals surface area contributed by atoms with Crippen molar-refractivity contribution in [1.29, 1.82) is 0 Å². The number of hydrogen-bond donors (Lipinski definition) is 1. The Morgan fingerprint density at radius 2 is 1.93 bits per heavy atom. The molecule has 1 N–H and O–H groups in total. The van der Waals surface area contributed by atoms with Crippen molar-refractivity contribution in [2.24, 2.45) is 5.41 Å². The molecule has 0 saturated heterocycles. The van der Waals surface area contributed by atoms with Crippen LogP contribution in [0.2, 0.25) is 0 Å². The molecule has 1 heterocycles. The highest BCUT2D eigenvalue weighted by Crippen LogP contribution is 2.17. The summed E-state index contributed by atoms with van der Waals surface area (Å²) in [5.41, 5.74) is 1.41. The van der Waals surface area contributed by atoms with Gasteiger partial charge in [0.2, 0.25) is 11.8 Å². The van der Waals surface area contributed by atoms with E-state index in [0.29, 0.717) is 13.0 Å². The maximum Gasteiger partial charge on any atom is 0.242 e. The first kappa shape index (κ1) is 20.9. The molecule has 0 spiro atoms. The first-order chi connectivity index (χ1) is 12.7. The van der Waals surface area contributed by atoms with Gasteiger partial charge in [-0.2, -0.15) is 0 Å². The minimum absolute atomic E-state index is 0.0144. The maximum atomic E-state index is 12.6. The van der Waals surface area contributed by atoms with Gasteiger partial charge in [0.15, 0.2) is 0 Å². The van der Waals surface area contributed by atoms with E-state index < -0.39 is 5.41 Å². The van der Waals surface area contributed by atoms with E-state index in [9.17, 15) is 9.59 Å². The number of carbonyl (C=O) groups excluding carboxylic acids is 2. The van der Waals surface area contributed by atoms with Crippen molar-refractivity contribution in [3.8, 4) is 0 Å². The van der Waals surface area contributed by atoms with Crippen LogP contribution in [0.25, 0.3) is 11.0 Å². The number of nitrogens with zero attached hydrogens (tertiary/aromatic N) is 3. The fourth-order valence-corrected chi connectivity index (χ4v) is 2.82. The van der Waals surface area contributed by atoms with E-state index in [1.165, 1.54) is 0 Å². The van der Waals surface area contributed by atoms with Gasteiger partial charge in [-0.25, -0.2) is 4.98 Å². The summed E-state index contributed by atoms with van der Waals surface area (Å²) in [6, 6.07) is 7.84. The van der Waals surface area contributed by atoms with E-state index in [1.807, 2.05) is 56.7 Å². The van der Waals surface area contributed by atoms with Gasteiger partial charge in [0.1, 0.15) is 12.4 Å². The van der Waals surface area contributed by atoms with Crippen LogP contribution in [0.3, 0.4) is 0 Å². The van der Waals surface area contributed by atoms with E-state index in [0.717, 1.165) is 36.2 Å². The van der Waals surface area contributed by atoms with Crippen LogP contribution in [-0.4, -0.2) is 46.4 Å². The number of para-hydroxylation sites is 2. The van der Waals surface area contributed by atoms with Crippen molar-refractivity contribution in [1.82, 2.24) is 19.8 Å². The molecule has 148 valence electrons. The summed E-state index contributed by atoms with van der Waals surface area (Å²) >= 11 is 0. The molecule has 2 aromatic rings. The smallest absolute Gasteiger partial charge is 0.242 e. The summed E-state index contributed by atoms with van der Waals surface area (Å²) in [6.45, 7) is 9.32. The zero-order valence-corrected chi connectivity index (χ0v) is 17.2. The van der Waals surface area contributed by atoms with Crippen LogP contribution in [0.5, 0.6) is 0 Å². The van der Waals surface area contributed by atoms with Crippen molar-refractivity contribution in [3.63, 3.8) is 0 Å². The normalized spacial score (nSPS) is 11.6. The van der Waals surface area contributed by atoms with Crippen molar-refractivity contribution in [2.45, 2.75) is 53.5 Å². The van der Waals surface area contributed by atoms with E-state index >= 15 is 0 Å². The molecule has 0 aliphatic heterocycles. The first-order valence-corrected chi connectivity index (χ1v) is 9.70. The highest BCUT2D eigenvalue weighted by molar-refractivity contribution is 5.82. The molecule has 0 radical (unpaired) electrons. The third-order valence-corrected chi connectivity index (χ3v) is 4.62. The molecule has 0 atom stereocenters. The SMILES string of the molecule is CCCCN(C)C(=O)Cn1c(CCNC(=O)C(C)(C)C)nc2ccccc21. The van der Waals surface area contributed by atoms with Gasteiger partial charge in [-0.3, -0.25) is 9.59 Å². The number of rotatable bonds is 8. The van der Waals surface area contributed by atoms with E-state index in [-0.39, 0.29) is 18.4 Å². The number of aromatic nitrogens is 2. The number of imidazole rings is 1. The predicted molar refractivity (Wildman–Crippen MR) is 108 cm³/mol. The Bertz CT molecular complexity index is 789. The summed E-state index contributed by atoms with van der Waals surface area (Å²) in [5, 5.41) is 2.96. The third kappa shape index (κ3) is 5.55. The zero-order chi connectivity index (χ0) is 20.0. The monoisotopic (exact) mass is 372 g/mol. The molecule has 0 saturated carbocycles. The molecule has 1 aromatic heterocycles. The molecule has 27 heavy (non-hydrogen) atoms. The maximum absolute atomic E-state index is 12.6. The lowest BCUT2D eigenvalue weighted by Gasteiger charge is -2.19. The molecule has 2 rings (SSSR count). The number of benzene rings is 1. The van der Waals surface area contributed by atoms with Crippen LogP contribution in [0.4, 0.5) is 0 Å². The van der Waals surface area contributed by atoms with Crippen molar-refractivity contribution >= 4 is 22.8 Å². The van der Waals surface area contributed by atoms with Crippen molar-refractivity contribution in [2.75, 3.05) is 20.1 Å². The molecule has 6 nitrogen and oxygen atoms in total. The minimum atomic E-state index is -0.419. The largest absolute Gasteiger partial charge is 0.355 e. The van der Waals surface area contributed by atoms with Crippen molar-refractivity contribution < 1.29 is 9.59 Å². The fraction of sp³-hybridized carbons (Fsp3) is 0.571. The molecule has 0 aliphatic carbocycles. The number of amides is 2. The van der Waals surface area contributed by atoms with Gasteiger partial charge in [0.05, 0.1) is 11.0 Å². The van der Waals surface area contributed by atoms with Crippen LogP contribution >= 0.6 is 0 Å². The Kier molecular flexibility index (Phi) is 6.99. The second-order valence-electron chi connectivity index (χ2n) is 8.03. The topological polar surface area (TPSA) is 67.2 Å². The molecule has 0 bridgehead atoms. The lowest BCUT2D eigenvalue weighted by molar-refractivity contribution is -0.130. The van der Waals surface area contributed by atoms with E-state index in [2.05, 4.69) is 17.2 Å². The predicted octanol–water partition coefficient (Wildman–Crippen LogP) is 3.00. The number of fused-ring (bicyclic) bond motifs is 1. The summed E-state index contributed by atoms with van der Waals surface area (Å²) in [5.74, 6) is 0.912. The van der Waals surface area contributed by atoms with Gasteiger partial charge < -0.3 is 14.8 Å². The Balaban J connectivity index is 2.15. The highest BCUT2D eigenvalue weighted by atomic mass is 16.2. The van der Waals surface area contributed by atoms with Gasteiger partial charge in [-0.05, 0) is 18.6 Å². The second-order valence-corrected chi connectivity index (χ2v) is 8.03. The third-order valence-electron chi connectivity index (χ3n) is 4.62. The summed E-state index contributed by atoms with van der Waals surface area (Å²) in [4.78, 5) is 31.2. The second kappa shape index (κ2) is 9.02. The van der Waals surface area contributed by atoms with Gasteiger partial charge in [0, 0.05) is 32.0 Å². The Morgan fingerprint density at radius 1 is 1.22 bits per heavy atom. The molecule has 0 unspecified atom stereocenters. The van der Waals surface area contributed by atoms with Crippen LogP contribution in [0.1, 0.15) is 46.4 Å². The molecule has 0 aliphatic rings. The summed E-state index contributed by atoms with van der Waals surface area (Å²) in [6.07, 6.45) is 2.64. The van der Waals surface area contributed by atoms with E-state index in [1.54, 1.807) is 4.90 Å². The summed E-state index contributed by atoms with van der Waals surface area (Å²) < 4.78 is 1.98. The molecule has 6 heteroatoms. The number of carbonyl (C=O) groups is 2. The average molecular weight is 373 g/mol.